The summed E-state index contributed by atoms with van der Waals surface area (Å²) in [4.78, 5) is 37.4. The van der Waals surface area contributed by atoms with Gasteiger partial charge >= 0.3 is 6.09 Å². The highest BCUT2D eigenvalue weighted by Gasteiger charge is 2.16. The van der Waals surface area contributed by atoms with Crippen molar-refractivity contribution in [1.82, 2.24) is 19.5 Å². The molecule has 180 valence electrons. The number of hydrogen-bond acceptors (Lipinski definition) is 8. The van der Waals surface area contributed by atoms with Crippen LogP contribution in [0.5, 0.6) is 5.75 Å². The van der Waals surface area contributed by atoms with Crippen LogP contribution in [0.4, 0.5) is 26.5 Å². The first-order chi connectivity index (χ1) is 16.6. The number of methoxy groups -OCH3 is 1. The minimum absolute atomic E-state index is 0.109. The summed E-state index contributed by atoms with van der Waals surface area (Å²) in [6, 6.07) is 10.9. The molecule has 10 nitrogen and oxygen atoms in total. The molecule has 0 aliphatic rings. The molecule has 0 saturated carbocycles. The van der Waals surface area contributed by atoms with Gasteiger partial charge in [0.1, 0.15) is 11.1 Å². The maximum atomic E-state index is 14.0. The van der Waals surface area contributed by atoms with Crippen LogP contribution < -0.4 is 20.9 Å². The van der Waals surface area contributed by atoms with Crippen molar-refractivity contribution in [2.45, 2.75) is 26.4 Å². The third-order valence-electron chi connectivity index (χ3n) is 4.68. The molecule has 0 aliphatic heterocycles. The van der Waals surface area contributed by atoms with E-state index in [0.29, 0.717) is 22.6 Å². The van der Waals surface area contributed by atoms with Crippen LogP contribution in [0.25, 0.3) is 16.9 Å². The molecule has 0 aliphatic carbocycles. The van der Waals surface area contributed by atoms with Crippen molar-refractivity contribution in [2.75, 3.05) is 17.7 Å². The van der Waals surface area contributed by atoms with Crippen molar-refractivity contribution in [3.63, 3.8) is 0 Å². The summed E-state index contributed by atoms with van der Waals surface area (Å²) < 4.78 is 25.6. The third kappa shape index (κ3) is 5.52. The Morgan fingerprint density at radius 2 is 1.74 bits per heavy atom. The lowest BCUT2D eigenvalue weighted by Gasteiger charge is -2.19. The largest absolute Gasteiger partial charge is 0.494 e. The SMILES string of the molecule is COc1ccc(Nc2ncc3ncc(=O)n(-c4ccc(NC(=O)OC(C)(C)C)cc4)c3n2)cc1F. The van der Waals surface area contributed by atoms with Gasteiger partial charge < -0.3 is 14.8 Å². The number of halogens is 1. The van der Waals surface area contributed by atoms with Crippen LogP contribution in [0.15, 0.2) is 59.7 Å². The van der Waals surface area contributed by atoms with E-state index in [1.165, 1.54) is 36.2 Å². The standard InChI is InChI=1S/C24H23FN6O4/c1-24(2,3)35-23(33)29-14-5-8-16(9-6-14)31-20(32)13-26-18-12-27-22(30-21(18)31)28-15-7-10-19(34-4)17(25)11-15/h5-13H,1-4H3,(H,29,33)(H,27,28,30). The van der Waals surface area contributed by atoms with Gasteiger partial charge in [-0.15, -0.1) is 0 Å². The second-order valence-corrected chi connectivity index (χ2v) is 8.48. The highest BCUT2D eigenvalue weighted by atomic mass is 19.1. The predicted octanol–water partition coefficient (Wildman–Crippen LogP) is 4.41. The lowest BCUT2D eigenvalue weighted by molar-refractivity contribution is 0.0636. The Morgan fingerprint density at radius 1 is 1.03 bits per heavy atom. The maximum Gasteiger partial charge on any atom is 0.412 e. The van der Waals surface area contributed by atoms with Gasteiger partial charge in [0.15, 0.2) is 17.2 Å². The number of fused-ring (bicyclic) bond motifs is 1. The molecule has 0 unspecified atom stereocenters. The quantitative estimate of drug-likeness (QED) is 0.433. The minimum Gasteiger partial charge on any atom is -0.494 e. The Balaban J connectivity index is 1.65. The van der Waals surface area contributed by atoms with Gasteiger partial charge in [0.25, 0.3) is 5.56 Å². The molecule has 0 atom stereocenters. The van der Waals surface area contributed by atoms with Crippen molar-refractivity contribution in [1.29, 1.82) is 0 Å². The van der Waals surface area contributed by atoms with Crippen molar-refractivity contribution in [2.24, 2.45) is 0 Å². The Labute approximate surface area is 199 Å². The fourth-order valence-electron chi connectivity index (χ4n) is 3.21. The third-order valence-corrected chi connectivity index (χ3v) is 4.68. The van der Waals surface area contributed by atoms with Gasteiger partial charge in [0, 0.05) is 17.4 Å². The number of anilines is 3. The van der Waals surface area contributed by atoms with Crippen LogP contribution in [0.1, 0.15) is 20.8 Å². The van der Waals surface area contributed by atoms with Crippen molar-refractivity contribution in [3.05, 3.63) is 71.0 Å². The number of amides is 1. The van der Waals surface area contributed by atoms with E-state index in [1.807, 2.05) is 0 Å². The van der Waals surface area contributed by atoms with Crippen LogP contribution in [0.3, 0.4) is 0 Å². The molecule has 35 heavy (non-hydrogen) atoms. The number of rotatable bonds is 5. The second-order valence-electron chi connectivity index (χ2n) is 8.48. The normalized spacial score (nSPS) is 11.2. The zero-order valence-corrected chi connectivity index (χ0v) is 19.5. The topological polar surface area (TPSA) is 120 Å². The summed E-state index contributed by atoms with van der Waals surface area (Å²) in [7, 11) is 1.38. The van der Waals surface area contributed by atoms with Gasteiger partial charge in [-0.25, -0.2) is 19.2 Å². The number of carbonyl (C=O) groups excluding carboxylic acids is 1. The second kappa shape index (κ2) is 9.37. The molecule has 2 aromatic carbocycles. The van der Waals surface area contributed by atoms with Crippen LogP contribution >= 0.6 is 0 Å². The lowest BCUT2D eigenvalue weighted by Crippen LogP contribution is -2.27. The molecular weight excluding hydrogens is 455 g/mol. The molecule has 2 heterocycles. The molecule has 0 fully saturated rings. The molecular formula is C24H23FN6O4. The zero-order valence-electron chi connectivity index (χ0n) is 19.5. The molecule has 0 radical (unpaired) electrons. The Hall–Kier alpha value is -4.54. The average molecular weight is 478 g/mol. The summed E-state index contributed by atoms with van der Waals surface area (Å²) in [5.74, 6) is -0.291. The summed E-state index contributed by atoms with van der Waals surface area (Å²) >= 11 is 0. The molecule has 4 aromatic rings. The van der Waals surface area contributed by atoms with Crippen molar-refractivity contribution >= 4 is 34.6 Å². The van der Waals surface area contributed by atoms with Gasteiger partial charge in [0.2, 0.25) is 5.95 Å². The van der Waals surface area contributed by atoms with E-state index in [4.69, 9.17) is 9.47 Å². The van der Waals surface area contributed by atoms with E-state index in [-0.39, 0.29) is 17.3 Å². The maximum absolute atomic E-state index is 14.0. The molecule has 4 rings (SSSR count). The zero-order chi connectivity index (χ0) is 25.2. The van der Waals surface area contributed by atoms with Gasteiger partial charge in [-0.3, -0.25) is 14.7 Å². The molecule has 2 N–H and O–H groups in total. The van der Waals surface area contributed by atoms with Crippen molar-refractivity contribution in [3.8, 4) is 11.4 Å². The number of ether oxygens (including phenoxy) is 2. The highest BCUT2D eigenvalue weighted by molar-refractivity contribution is 5.85. The number of carbonyl (C=O) groups is 1. The van der Waals surface area contributed by atoms with Crippen LogP contribution in [-0.2, 0) is 4.74 Å². The smallest absolute Gasteiger partial charge is 0.412 e. The van der Waals surface area contributed by atoms with Gasteiger partial charge in [0.05, 0.1) is 25.2 Å². The number of hydrogen-bond donors (Lipinski definition) is 2. The fourth-order valence-corrected chi connectivity index (χ4v) is 3.21. The lowest BCUT2D eigenvalue weighted by atomic mass is 10.2. The van der Waals surface area contributed by atoms with Gasteiger partial charge in [-0.1, -0.05) is 0 Å². The molecule has 0 bridgehead atoms. The Morgan fingerprint density at radius 3 is 2.40 bits per heavy atom. The predicted molar refractivity (Wildman–Crippen MR) is 129 cm³/mol. The van der Waals surface area contributed by atoms with Crippen LogP contribution in [0, 0.1) is 5.82 Å². The van der Waals surface area contributed by atoms with Gasteiger partial charge in [-0.2, -0.15) is 4.98 Å². The van der Waals surface area contributed by atoms with Crippen LogP contribution in [0.2, 0.25) is 0 Å². The van der Waals surface area contributed by atoms with E-state index in [1.54, 1.807) is 51.1 Å². The van der Waals surface area contributed by atoms with Crippen molar-refractivity contribution < 1.29 is 18.7 Å². The first kappa shape index (κ1) is 23.6. The molecule has 0 saturated heterocycles. The number of nitrogens with one attached hydrogen (secondary N) is 2. The highest BCUT2D eigenvalue weighted by Crippen LogP contribution is 2.23. The van der Waals surface area contributed by atoms with E-state index < -0.39 is 23.1 Å². The first-order valence-corrected chi connectivity index (χ1v) is 10.6. The van der Waals surface area contributed by atoms with E-state index >= 15 is 0 Å². The first-order valence-electron chi connectivity index (χ1n) is 10.6. The summed E-state index contributed by atoms with van der Waals surface area (Å²) in [5.41, 5.74) is 0.980. The van der Waals surface area contributed by atoms with E-state index in [0.717, 1.165) is 0 Å². The molecule has 0 spiro atoms. The summed E-state index contributed by atoms with van der Waals surface area (Å²) in [6.07, 6.45) is 2.04. The van der Waals surface area contributed by atoms with E-state index in [9.17, 15) is 14.0 Å². The van der Waals surface area contributed by atoms with Crippen LogP contribution in [-0.4, -0.2) is 38.3 Å². The Bertz CT molecular complexity index is 1450. The van der Waals surface area contributed by atoms with Gasteiger partial charge in [-0.05, 0) is 57.2 Å². The average Bonchev–Trinajstić information content (AvgIpc) is 2.78. The number of nitrogens with zero attached hydrogens (tertiary/aromatic N) is 4. The van der Waals surface area contributed by atoms with E-state index in [2.05, 4.69) is 25.6 Å². The molecule has 1 amide bonds. The minimum atomic E-state index is -0.629. The Kier molecular flexibility index (Phi) is 6.32. The summed E-state index contributed by atoms with van der Waals surface area (Å²) in [6.45, 7) is 5.31. The molecule has 2 aromatic heterocycles. The number of benzene rings is 2. The summed E-state index contributed by atoms with van der Waals surface area (Å²) in [5, 5.41) is 5.56. The number of aromatic nitrogens is 4. The molecule has 11 heteroatoms. The monoisotopic (exact) mass is 478 g/mol. The fraction of sp³-hybridized carbons (Fsp3) is 0.208.